The number of rotatable bonds is 5. The van der Waals surface area contributed by atoms with Crippen LogP contribution in [-0.4, -0.2) is 25.0 Å². The highest BCUT2D eigenvalue weighted by molar-refractivity contribution is 5.87. The van der Waals surface area contributed by atoms with Gasteiger partial charge in [0.05, 0.1) is 7.11 Å². The predicted molar refractivity (Wildman–Crippen MR) is 73.4 cm³/mol. The molecule has 1 aromatic rings. The van der Waals surface area contributed by atoms with E-state index in [-0.39, 0.29) is 5.91 Å². The molecule has 0 N–H and O–H groups in total. The summed E-state index contributed by atoms with van der Waals surface area (Å²) < 4.78 is 5.15. The van der Waals surface area contributed by atoms with Gasteiger partial charge in [0, 0.05) is 19.7 Å². The van der Waals surface area contributed by atoms with Gasteiger partial charge in [-0.1, -0.05) is 30.4 Å². The van der Waals surface area contributed by atoms with Crippen LogP contribution in [0.5, 0.6) is 5.75 Å². The third-order valence-electron chi connectivity index (χ3n) is 2.47. The van der Waals surface area contributed by atoms with E-state index < -0.39 is 0 Å². The third kappa shape index (κ3) is 4.45. The summed E-state index contributed by atoms with van der Waals surface area (Å²) in [5, 5.41) is 0. The molecule has 0 heterocycles. The van der Waals surface area contributed by atoms with Crippen LogP contribution in [0, 0.1) is 0 Å². The highest BCUT2D eigenvalue weighted by Gasteiger charge is 2.05. The van der Waals surface area contributed by atoms with Crippen molar-refractivity contribution in [3.63, 3.8) is 0 Å². The van der Waals surface area contributed by atoms with Crippen LogP contribution in [0.4, 0.5) is 0 Å². The second-order valence-electron chi connectivity index (χ2n) is 3.93. The highest BCUT2D eigenvalue weighted by Crippen LogP contribution is 2.13. The Hall–Kier alpha value is -2.03. The van der Waals surface area contributed by atoms with E-state index in [1.54, 1.807) is 31.2 Å². The van der Waals surface area contributed by atoms with Crippen LogP contribution in [0.2, 0.25) is 0 Å². The first kappa shape index (κ1) is 14.0. The molecule has 1 amide bonds. The fourth-order valence-corrected chi connectivity index (χ4v) is 1.50. The fourth-order valence-electron chi connectivity index (χ4n) is 1.50. The number of benzene rings is 1. The summed E-state index contributed by atoms with van der Waals surface area (Å²) in [6.07, 6.45) is 7.01. The van der Waals surface area contributed by atoms with E-state index in [1.165, 1.54) is 0 Å². The molecule has 1 rings (SSSR count). The summed E-state index contributed by atoms with van der Waals surface area (Å²) >= 11 is 0. The monoisotopic (exact) mass is 245 g/mol. The van der Waals surface area contributed by atoms with Crippen molar-refractivity contribution in [2.75, 3.05) is 14.2 Å². The van der Waals surface area contributed by atoms with E-state index in [4.69, 9.17) is 4.74 Å². The molecule has 0 aliphatic carbocycles. The molecule has 0 bridgehead atoms. The molecule has 0 saturated heterocycles. The molecule has 1 aromatic carbocycles. The zero-order valence-corrected chi connectivity index (χ0v) is 11.1. The first-order chi connectivity index (χ1) is 8.67. The van der Waals surface area contributed by atoms with Gasteiger partial charge in [0.15, 0.2) is 0 Å². The lowest BCUT2D eigenvalue weighted by molar-refractivity contribution is -0.125. The Balaban J connectivity index is 2.63. The Morgan fingerprint density at radius 2 is 2.17 bits per heavy atom. The molecule has 3 heteroatoms. The molecule has 0 radical (unpaired) electrons. The maximum atomic E-state index is 11.8. The Morgan fingerprint density at radius 3 is 2.83 bits per heavy atom. The smallest absolute Gasteiger partial charge is 0.246 e. The Labute approximate surface area is 108 Å². The number of hydrogen-bond donors (Lipinski definition) is 0. The van der Waals surface area contributed by atoms with Crippen molar-refractivity contribution in [1.29, 1.82) is 0 Å². The lowest BCUT2D eigenvalue weighted by Gasteiger charge is -2.15. The van der Waals surface area contributed by atoms with Gasteiger partial charge in [0.2, 0.25) is 5.91 Å². The van der Waals surface area contributed by atoms with Crippen LogP contribution < -0.4 is 4.74 Å². The molecule has 96 valence electrons. The zero-order chi connectivity index (χ0) is 13.4. The van der Waals surface area contributed by atoms with Crippen LogP contribution in [0.3, 0.4) is 0 Å². The molecular formula is C15H19NO2. The Morgan fingerprint density at radius 1 is 1.39 bits per heavy atom. The molecular weight excluding hydrogens is 226 g/mol. The van der Waals surface area contributed by atoms with Crippen molar-refractivity contribution >= 4 is 5.91 Å². The molecule has 0 aliphatic rings. The van der Waals surface area contributed by atoms with Crippen molar-refractivity contribution in [2.24, 2.45) is 0 Å². The van der Waals surface area contributed by atoms with Crippen LogP contribution >= 0.6 is 0 Å². The summed E-state index contributed by atoms with van der Waals surface area (Å²) in [5.74, 6) is 0.786. The minimum Gasteiger partial charge on any atom is -0.497 e. The number of likely N-dealkylation sites (N-methyl/N-ethyl adjacent to an activating group) is 1. The first-order valence-corrected chi connectivity index (χ1v) is 5.84. The van der Waals surface area contributed by atoms with Gasteiger partial charge in [-0.2, -0.15) is 0 Å². The molecule has 0 aromatic heterocycles. The Bertz CT molecular complexity index is 450. The van der Waals surface area contributed by atoms with Gasteiger partial charge in [0.25, 0.3) is 0 Å². The van der Waals surface area contributed by atoms with Crippen molar-refractivity contribution in [1.82, 2.24) is 4.90 Å². The number of carbonyl (C=O) groups excluding carboxylic acids is 1. The van der Waals surface area contributed by atoms with Crippen molar-refractivity contribution in [3.8, 4) is 5.75 Å². The van der Waals surface area contributed by atoms with Crippen molar-refractivity contribution in [2.45, 2.75) is 13.5 Å². The van der Waals surface area contributed by atoms with Crippen molar-refractivity contribution < 1.29 is 9.53 Å². The Kier molecular flexibility index (Phi) is 5.71. The lowest BCUT2D eigenvalue weighted by Crippen LogP contribution is -2.24. The van der Waals surface area contributed by atoms with E-state index in [9.17, 15) is 4.79 Å². The third-order valence-corrected chi connectivity index (χ3v) is 2.47. The van der Waals surface area contributed by atoms with Gasteiger partial charge in [0.1, 0.15) is 5.75 Å². The second kappa shape index (κ2) is 7.33. The summed E-state index contributed by atoms with van der Waals surface area (Å²) in [7, 11) is 3.41. The van der Waals surface area contributed by atoms with Gasteiger partial charge in [-0.15, -0.1) is 0 Å². The summed E-state index contributed by atoms with van der Waals surface area (Å²) in [4.78, 5) is 13.4. The number of nitrogens with zero attached hydrogens (tertiary/aromatic N) is 1. The SMILES string of the molecule is C/C=C/C=C/C(=O)N(C)Cc1cccc(OC)c1. The number of ether oxygens (including phenoxy) is 1. The molecule has 0 spiro atoms. The van der Waals surface area contributed by atoms with E-state index in [0.29, 0.717) is 6.54 Å². The second-order valence-corrected chi connectivity index (χ2v) is 3.93. The van der Waals surface area contributed by atoms with E-state index in [0.717, 1.165) is 11.3 Å². The molecule has 0 aliphatic heterocycles. The zero-order valence-electron chi connectivity index (χ0n) is 11.1. The standard InChI is InChI=1S/C15H19NO2/c1-4-5-6-10-15(17)16(2)12-13-8-7-9-14(11-13)18-3/h4-11H,12H2,1-3H3/b5-4+,10-6+. The van der Waals surface area contributed by atoms with Gasteiger partial charge >= 0.3 is 0 Å². The summed E-state index contributed by atoms with van der Waals surface area (Å²) in [6.45, 7) is 2.48. The van der Waals surface area contributed by atoms with Crippen LogP contribution in [0.25, 0.3) is 0 Å². The molecule has 18 heavy (non-hydrogen) atoms. The average molecular weight is 245 g/mol. The van der Waals surface area contributed by atoms with E-state index in [1.807, 2.05) is 43.3 Å². The number of carbonyl (C=O) groups is 1. The maximum Gasteiger partial charge on any atom is 0.246 e. The molecule has 0 saturated carbocycles. The van der Waals surface area contributed by atoms with Crippen LogP contribution in [-0.2, 0) is 11.3 Å². The van der Waals surface area contributed by atoms with Crippen LogP contribution in [0.15, 0.2) is 48.6 Å². The van der Waals surface area contributed by atoms with Gasteiger partial charge in [-0.25, -0.2) is 0 Å². The van der Waals surface area contributed by atoms with E-state index >= 15 is 0 Å². The molecule has 3 nitrogen and oxygen atoms in total. The molecule has 0 unspecified atom stereocenters. The minimum atomic E-state index is -0.0177. The number of allylic oxidation sites excluding steroid dienone is 3. The predicted octanol–water partition coefficient (Wildman–Crippen LogP) is 2.79. The largest absolute Gasteiger partial charge is 0.497 e. The molecule has 0 fully saturated rings. The quantitative estimate of drug-likeness (QED) is 0.589. The van der Waals surface area contributed by atoms with Crippen LogP contribution in [0.1, 0.15) is 12.5 Å². The van der Waals surface area contributed by atoms with Gasteiger partial charge in [-0.05, 0) is 24.6 Å². The van der Waals surface area contributed by atoms with E-state index in [2.05, 4.69) is 0 Å². The van der Waals surface area contributed by atoms with Gasteiger partial charge < -0.3 is 9.64 Å². The van der Waals surface area contributed by atoms with Gasteiger partial charge in [-0.3, -0.25) is 4.79 Å². The number of amides is 1. The normalized spacial score (nSPS) is 11.1. The lowest BCUT2D eigenvalue weighted by atomic mass is 10.2. The maximum absolute atomic E-state index is 11.8. The number of methoxy groups -OCH3 is 1. The fraction of sp³-hybridized carbons (Fsp3) is 0.267. The number of hydrogen-bond acceptors (Lipinski definition) is 2. The summed E-state index contributed by atoms with van der Waals surface area (Å²) in [5.41, 5.74) is 1.05. The molecule has 0 atom stereocenters. The average Bonchev–Trinajstić information content (AvgIpc) is 2.39. The topological polar surface area (TPSA) is 29.5 Å². The first-order valence-electron chi connectivity index (χ1n) is 5.84. The summed E-state index contributed by atoms with van der Waals surface area (Å²) in [6, 6.07) is 7.71. The minimum absolute atomic E-state index is 0.0177. The highest BCUT2D eigenvalue weighted by atomic mass is 16.5. The van der Waals surface area contributed by atoms with Crippen molar-refractivity contribution in [3.05, 3.63) is 54.1 Å².